The summed E-state index contributed by atoms with van der Waals surface area (Å²) in [5.74, 6) is -2.76. The molecule has 1 amide bonds. The smallest absolute Gasteiger partial charge is 0.275 e. The van der Waals surface area contributed by atoms with E-state index in [9.17, 15) is 23.5 Å². The van der Waals surface area contributed by atoms with Crippen molar-refractivity contribution in [3.63, 3.8) is 0 Å². The van der Waals surface area contributed by atoms with Crippen LogP contribution in [0.1, 0.15) is 33.6 Å². The molecule has 8 heteroatoms. The number of carbonyl (C=O) groups is 1. The lowest BCUT2D eigenvalue weighted by Crippen LogP contribution is -2.45. The third-order valence-electron chi connectivity index (χ3n) is 5.11. The molecule has 0 saturated carbocycles. The van der Waals surface area contributed by atoms with Gasteiger partial charge in [0.15, 0.2) is 11.4 Å². The van der Waals surface area contributed by atoms with Crippen LogP contribution in [-0.2, 0) is 0 Å². The Morgan fingerprint density at radius 3 is 2.21 bits per heavy atom. The number of amides is 1. The SMILES string of the molecule is CN1CC(C(c2cccc(F)c2)c2cccc(F)c2)n2ncc(=O)c(O)c2C1=O. The molecule has 4 rings (SSSR count). The minimum Gasteiger partial charge on any atom is -0.502 e. The Balaban J connectivity index is 1.97. The Morgan fingerprint density at radius 2 is 1.66 bits per heavy atom. The van der Waals surface area contributed by atoms with Gasteiger partial charge in [0.25, 0.3) is 5.91 Å². The van der Waals surface area contributed by atoms with Crippen LogP contribution < -0.4 is 5.43 Å². The zero-order valence-electron chi connectivity index (χ0n) is 15.4. The second-order valence-electron chi connectivity index (χ2n) is 6.99. The maximum Gasteiger partial charge on any atom is 0.275 e. The first-order chi connectivity index (χ1) is 13.9. The van der Waals surface area contributed by atoms with Crippen LogP contribution in [0.25, 0.3) is 0 Å². The Labute approximate surface area is 164 Å². The summed E-state index contributed by atoms with van der Waals surface area (Å²) in [6.45, 7) is 0.166. The molecule has 1 unspecified atom stereocenters. The minimum absolute atomic E-state index is 0.166. The molecular formula is C21H17F2N3O3. The predicted molar refractivity (Wildman–Crippen MR) is 101 cm³/mol. The van der Waals surface area contributed by atoms with E-state index in [2.05, 4.69) is 5.10 Å². The average Bonchev–Trinajstić information content (AvgIpc) is 2.68. The van der Waals surface area contributed by atoms with Gasteiger partial charge in [0.1, 0.15) is 11.6 Å². The normalized spacial score (nSPS) is 16.2. The number of aromatic nitrogens is 2. The van der Waals surface area contributed by atoms with Crippen LogP contribution in [0.15, 0.2) is 59.5 Å². The van der Waals surface area contributed by atoms with Crippen molar-refractivity contribution in [2.75, 3.05) is 13.6 Å². The molecule has 0 saturated heterocycles. The fourth-order valence-electron chi connectivity index (χ4n) is 3.81. The van der Waals surface area contributed by atoms with Crippen molar-refractivity contribution in [2.24, 2.45) is 0 Å². The first-order valence-corrected chi connectivity index (χ1v) is 8.94. The summed E-state index contributed by atoms with van der Waals surface area (Å²) in [5.41, 5.74) is 0.0874. The number of fused-ring (bicyclic) bond motifs is 1. The van der Waals surface area contributed by atoms with Crippen LogP contribution in [0.2, 0.25) is 0 Å². The van der Waals surface area contributed by atoms with Gasteiger partial charge in [-0.3, -0.25) is 14.3 Å². The van der Waals surface area contributed by atoms with Crippen molar-refractivity contribution in [1.29, 1.82) is 0 Å². The van der Waals surface area contributed by atoms with Crippen molar-refractivity contribution in [1.82, 2.24) is 14.7 Å². The Bertz CT molecular complexity index is 1120. The summed E-state index contributed by atoms with van der Waals surface area (Å²) in [5, 5.41) is 14.3. The zero-order chi connectivity index (χ0) is 20.7. The highest BCUT2D eigenvalue weighted by Crippen LogP contribution is 2.39. The molecule has 0 aliphatic carbocycles. The van der Waals surface area contributed by atoms with E-state index in [0.717, 1.165) is 6.20 Å². The van der Waals surface area contributed by atoms with Gasteiger partial charge in [-0.05, 0) is 35.4 Å². The van der Waals surface area contributed by atoms with Crippen molar-refractivity contribution >= 4 is 5.91 Å². The standard InChI is InChI=1S/C21H17F2N3O3/c1-25-11-16(26-19(21(25)29)20(28)17(27)10-24-26)18(12-4-2-6-14(22)8-12)13-5-3-7-15(23)9-13/h2-10,16,18,28H,11H2,1H3. The lowest BCUT2D eigenvalue weighted by Gasteiger charge is -2.37. The molecule has 0 bridgehead atoms. The molecule has 2 heterocycles. The molecule has 1 N–H and O–H groups in total. The van der Waals surface area contributed by atoms with E-state index in [1.807, 2.05) is 0 Å². The van der Waals surface area contributed by atoms with Gasteiger partial charge in [0.2, 0.25) is 5.43 Å². The number of hydrogen-bond acceptors (Lipinski definition) is 4. The molecule has 3 aromatic rings. The van der Waals surface area contributed by atoms with E-state index < -0.39 is 40.7 Å². The van der Waals surface area contributed by atoms with E-state index in [1.165, 1.54) is 40.9 Å². The first-order valence-electron chi connectivity index (χ1n) is 8.94. The number of nitrogens with zero attached hydrogens (tertiary/aromatic N) is 3. The third-order valence-corrected chi connectivity index (χ3v) is 5.11. The van der Waals surface area contributed by atoms with E-state index in [1.54, 1.807) is 24.3 Å². The lowest BCUT2D eigenvalue weighted by atomic mass is 9.83. The highest BCUT2D eigenvalue weighted by molar-refractivity contribution is 5.95. The van der Waals surface area contributed by atoms with Crippen molar-refractivity contribution < 1.29 is 18.7 Å². The number of hydrogen-bond donors (Lipinski definition) is 1. The predicted octanol–water partition coefficient (Wildman–Crippen LogP) is 2.69. The summed E-state index contributed by atoms with van der Waals surface area (Å²) in [6.07, 6.45) is 0.929. The Kier molecular flexibility index (Phi) is 4.62. The molecule has 0 spiro atoms. The van der Waals surface area contributed by atoms with E-state index in [0.29, 0.717) is 11.1 Å². The largest absolute Gasteiger partial charge is 0.502 e. The van der Waals surface area contributed by atoms with Crippen LogP contribution in [0.5, 0.6) is 5.75 Å². The second kappa shape index (κ2) is 7.12. The van der Waals surface area contributed by atoms with Crippen LogP contribution >= 0.6 is 0 Å². The number of benzene rings is 2. The van der Waals surface area contributed by atoms with Crippen molar-refractivity contribution in [3.05, 3.63) is 93.4 Å². The topological polar surface area (TPSA) is 75.4 Å². The van der Waals surface area contributed by atoms with Crippen LogP contribution in [-0.4, -0.2) is 39.3 Å². The zero-order valence-corrected chi connectivity index (χ0v) is 15.4. The quantitative estimate of drug-likeness (QED) is 0.737. The molecule has 1 atom stereocenters. The molecule has 1 aliphatic heterocycles. The fourth-order valence-corrected chi connectivity index (χ4v) is 3.81. The summed E-state index contributed by atoms with van der Waals surface area (Å²) in [7, 11) is 1.53. The molecule has 29 heavy (non-hydrogen) atoms. The van der Waals surface area contributed by atoms with Gasteiger partial charge in [-0.2, -0.15) is 5.10 Å². The van der Waals surface area contributed by atoms with Gasteiger partial charge in [0.05, 0.1) is 12.2 Å². The molecule has 0 fully saturated rings. The third kappa shape index (κ3) is 3.26. The first kappa shape index (κ1) is 18.8. The van der Waals surface area contributed by atoms with Gasteiger partial charge in [0, 0.05) is 19.5 Å². The van der Waals surface area contributed by atoms with Crippen molar-refractivity contribution in [2.45, 2.75) is 12.0 Å². The molecule has 1 aromatic heterocycles. The van der Waals surface area contributed by atoms with Crippen LogP contribution in [0.4, 0.5) is 8.78 Å². The molecule has 2 aromatic carbocycles. The van der Waals surface area contributed by atoms with E-state index >= 15 is 0 Å². The second-order valence-corrected chi connectivity index (χ2v) is 6.99. The summed E-state index contributed by atoms with van der Waals surface area (Å²) in [4.78, 5) is 25.8. The monoisotopic (exact) mass is 397 g/mol. The Morgan fingerprint density at radius 1 is 1.07 bits per heavy atom. The summed E-state index contributed by atoms with van der Waals surface area (Å²) in [6, 6.07) is 11.2. The van der Waals surface area contributed by atoms with Gasteiger partial charge < -0.3 is 10.0 Å². The highest BCUT2D eigenvalue weighted by atomic mass is 19.1. The maximum absolute atomic E-state index is 14.0. The fraction of sp³-hybridized carbons (Fsp3) is 0.190. The molecule has 0 radical (unpaired) electrons. The number of rotatable bonds is 3. The number of carbonyl (C=O) groups excluding carboxylic acids is 1. The lowest BCUT2D eigenvalue weighted by molar-refractivity contribution is 0.0686. The van der Waals surface area contributed by atoms with E-state index in [-0.39, 0.29) is 12.2 Å². The number of halogens is 2. The molecular weight excluding hydrogens is 380 g/mol. The Hall–Kier alpha value is -3.55. The average molecular weight is 397 g/mol. The number of aromatic hydroxyl groups is 1. The van der Waals surface area contributed by atoms with Gasteiger partial charge in [-0.1, -0.05) is 24.3 Å². The highest BCUT2D eigenvalue weighted by Gasteiger charge is 2.38. The minimum atomic E-state index is -0.772. The molecule has 1 aliphatic rings. The molecule has 6 nitrogen and oxygen atoms in total. The van der Waals surface area contributed by atoms with Crippen molar-refractivity contribution in [3.8, 4) is 5.75 Å². The summed E-state index contributed by atoms with van der Waals surface area (Å²) < 4.78 is 29.3. The van der Waals surface area contributed by atoms with Gasteiger partial charge >= 0.3 is 0 Å². The molecule has 148 valence electrons. The maximum atomic E-state index is 14.0. The summed E-state index contributed by atoms with van der Waals surface area (Å²) >= 11 is 0. The van der Waals surface area contributed by atoms with Gasteiger partial charge in [-0.25, -0.2) is 8.78 Å². The van der Waals surface area contributed by atoms with Crippen LogP contribution in [0, 0.1) is 11.6 Å². The van der Waals surface area contributed by atoms with Crippen LogP contribution in [0.3, 0.4) is 0 Å². The number of likely N-dealkylation sites (N-methyl/N-ethyl adjacent to an activating group) is 1. The van der Waals surface area contributed by atoms with Gasteiger partial charge in [-0.15, -0.1) is 0 Å². The van der Waals surface area contributed by atoms with E-state index in [4.69, 9.17) is 0 Å².